The van der Waals surface area contributed by atoms with E-state index in [1.807, 2.05) is 19.1 Å². The summed E-state index contributed by atoms with van der Waals surface area (Å²) >= 11 is 1.55. The highest BCUT2D eigenvalue weighted by Crippen LogP contribution is 2.33. The Labute approximate surface area is 147 Å². The predicted molar refractivity (Wildman–Crippen MR) is 98.6 cm³/mol. The van der Waals surface area contributed by atoms with E-state index >= 15 is 0 Å². The fourth-order valence-electron chi connectivity index (χ4n) is 2.78. The second-order valence-corrected chi connectivity index (χ2v) is 6.65. The van der Waals surface area contributed by atoms with Gasteiger partial charge in [-0.1, -0.05) is 31.5 Å². The van der Waals surface area contributed by atoms with Crippen molar-refractivity contribution < 1.29 is 14.3 Å². The fourth-order valence-corrected chi connectivity index (χ4v) is 4.00. The van der Waals surface area contributed by atoms with E-state index in [4.69, 9.17) is 4.74 Å². The van der Waals surface area contributed by atoms with Crippen LogP contribution in [0.1, 0.15) is 48.8 Å². The van der Waals surface area contributed by atoms with Crippen molar-refractivity contribution in [1.29, 1.82) is 0 Å². The number of nitrogens with zero attached hydrogens (tertiary/aromatic N) is 1. The van der Waals surface area contributed by atoms with Gasteiger partial charge in [0.2, 0.25) is 0 Å². The molecule has 130 valence electrons. The highest BCUT2D eigenvalue weighted by molar-refractivity contribution is 7.21. The van der Waals surface area contributed by atoms with Gasteiger partial charge in [0, 0.05) is 17.8 Å². The molecule has 0 saturated carbocycles. The zero-order valence-corrected chi connectivity index (χ0v) is 15.4. The molecule has 0 aliphatic rings. The van der Waals surface area contributed by atoms with Crippen molar-refractivity contribution in [2.45, 2.75) is 40.0 Å². The molecule has 0 N–H and O–H groups in total. The molecule has 0 aliphatic heterocycles. The molecule has 0 spiro atoms. The maximum Gasteiger partial charge on any atom is 0.307 e. The van der Waals surface area contributed by atoms with E-state index in [9.17, 15) is 9.59 Å². The minimum Gasteiger partial charge on any atom is -0.466 e. The molecule has 0 bridgehead atoms. The normalized spacial score (nSPS) is 10.8. The van der Waals surface area contributed by atoms with Crippen molar-refractivity contribution in [2.75, 3.05) is 19.7 Å². The molecule has 0 saturated heterocycles. The van der Waals surface area contributed by atoms with E-state index in [1.54, 1.807) is 23.2 Å². The second-order valence-electron chi connectivity index (χ2n) is 5.60. The highest BCUT2D eigenvalue weighted by Gasteiger charge is 2.22. The van der Waals surface area contributed by atoms with Gasteiger partial charge in [0.25, 0.3) is 5.91 Å². The summed E-state index contributed by atoms with van der Waals surface area (Å²) in [5.74, 6) is -0.236. The summed E-state index contributed by atoms with van der Waals surface area (Å²) < 4.78 is 6.10. The first-order chi connectivity index (χ1) is 11.6. The molecule has 2 rings (SSSR count). The first kappa shape index (κ1) is 18.5. The van der Waals surface area contributed by atoms with Gasteiger partial charge < -0.3 is 9.64 Å². The number of fused-ring (bicyclic) bond motifs is 1. The third-order valence-corrected chi connectivity index (χ3v) is 5.15. The summed E-state index contributed by atoms with van der Waals surface area (Å²) in [7, 11) is 0. The smallest absolute Gasteiger partial charge is 0.307 e. The molecule has 4 nitrogen and oxygen atoms in total. The number of ether oxygens (including phenoxy) is 1. The quantitative estimate of drug-likeness (QED) is 0.670. The molecule has 1 aromatic heterocycles. The van der Waals surface area contributed by atoms with Crippen LogP contribution < -0.4 is 0 Å². The average molecular weight is 347 g/mol. The van der Waals surface area contributed by atoms with Crippen LogP contribution in [0, 0.1) is 0 Å². The number of carbonyl (C=O) groups is 2. The number of thiophene rings is 1. The molecule has 0 fully saturated rings. The van der Waals surface area contributed by atoms with E-state index in [-0.39, 0.29) is 18.3 Å². The van der Waals surface area contributed by atoms with Gasteiger partial charge in [-0.15, -0.1) is 11.3 Å². The number of carbonyl (C=O) groups excluding carboxylic acids is 2. The minimum atomic E-state index is -0.256. The Hall–Kier alpha value is -1.88. The van der Waals surface area contributed by atoms with Crippen LogP contribution >= 0.6 is 11.3 Å². The van der Waals surface area contributed by atoms with Gasteiger partial charge in [-0.2, -0.15) is 0 Å². The molecule has 24 heavy (non-hydrogen) atoms. The number of esters is 1. The maximum absolute atomic E-state index is 13.0. The van der Waals surface area contributed by atoms with Crippen LogP contribution in [0.3, 0.4) is 0 Å². The third kappa shape index (κ3) is 4.15. The third-order valence-electron chi connectivity index (χ3n) is 3.95. The number of hydrogen-bond donors (Lipinski definition) is 0. The lowest BCUT2D eigenvalue weighted by atomic mass is 10.1. The number of benzene rings is 1. The first-order valence-electron chi connectivity index (χ1n) is 8.57. The van der Waals surface area contributed by atoms with Gasteiger partial charge in [0.15, 0.2) is 0 Å². The summed E-state index contributed by atoms with van der Waals surface area (Å²) in [4.78, 5) is 27.1. The van der Waals surface area contributed by atoms with Gasteiger partial charge in [-0.3, -0.25) is 9.59 Å². The van der Waals surface area contributed by atoms with Gasteiger partial charge in [0.1, 0.15) is 0 Å². The minimum absolute atomic E-state index is 0.0199. The lowest BCUT2D eigenvalue weighted by Gasteiger charge is -2.20. The standard InChI is InChI=1S/C19H25NO3S/c1-4-9-15-14-10-7-8-11-16(14)24-18(15)19(22)20(5-2)13-12-17(21)23-6-3/h7-8,10-11H,4-6,9,12-13H2,1-3H3. The van der Waals surface area contributed by atoms with Crippen molar-refractivity contribution in [1.82, 2.24) is 4.90 Å². The fraction of sp³-hybridized carbons (Fsp3) is 0.474. The zero-order valence-electron chi connectivity index (χ0n) is 14.6. The van der Waals surface area contributed by atoms with Crippen LogP contribution in [0.15, 0.2) is 24.3 Å². The number of amides is 1. The van der Waals surface area contributed by atoms with E-state index in [0.29, 0.717) is 19.7 Å². The van der Waals surface area contributed by atoms with Crippen molar-refractivity contribution in [2.24, 2.45) is 0 Å². The highest BCUT2D eigenvalue weighted by atomic mass is 32.1. The van der Waals surface area contributed by atoms with E-state index in [1.165, 1.54) is 5.39 Å². The van der Waals surface area contributed by atoms with Crippen LogP contribution in [0.4, 0.5) is 0 Å². The molecule has 1 amide bonds. The second kappa shape index (κ2) is 8.83. The Morgan fingerprint density at radius 2 is 1.92 bits per heavy atom. The van der Waals surface area contributed by atoms with Crippen molar-refractivity contribution in [3.63, 3.8) is 0 Å². The molecule has 0 radical (unpaired) electrons. The predicted octanol–water partition coefficient (Wildman–Crippen LogP) is 4.27. The zero-order chi connectivity index (χ0) is 17.5. The van der Waals surface area contributed by atoms with E-state index in [0.717, 1.165) is 28.0 Å². The summed E-state index contributed by atoms with van der Waals surface area (Å²) in [5.41, 5.74) is 1.14. The number of hydrogen-bond acceptors (Lipinski definition) is 4. The summed E-state index contributed by atoms with van der Waals surface area (Å²) in [6.07, 6.45) is 2.12. The molecule has 5 heteroatoms. The molecule has 1 aromatic carbocycles. The van der Waals surface area contributed by atoms with Crippen LogP contribution in [-0.4, -0.2) is 36.5 Å². The average Bonchev–Trinajstić information content (AvgIpc) is 2.95. The van der Waals surface area contributed by atoms with Crippen LogP contribution in [0.5, 0.6) is 0 Å². The van der Waals surface area contributed by atoms with Gasteiger partial charge in [-0.25, -0.2) is 0 Å². The molecular formula is C19H25NO3S. The van der Waals surface area contributed by atoms with Gasteiger partial charge >= 0.3 is 5.97 Å². The molecule has 0 unspecified atom stereocenters. The Kier molecular flexibility index (Phi) is 6.79. The lowest BCUT2D eigenvalue weighted by Crippen LogP contribution is -2.33. The molecule has 1 heterocycles. The van der Waals surface area contributed by atoms with Crippen LogP contribution in [-0.2, 0) is 16.0 Å². The van der Waals surface area contributed by atoms with Crippen molar-refractivity contribution in [3.8, 4) is 0 Å². The summed E-state index contributed by atoms with van der Waals surface area (Å²) in [5, 5.41) is 1.18. The Morgan fingerprint density at radius 1 is 1.17 bits per heavy atom. The topological polar surface area (TPSA) is 46.6 Å². The van der Waals surface area contributed by atoms with Crippen LogP contribution in [0.2, 0.25) is 0 Å². The Morgan fingerprint density at radius 3 is 2.58 bits per heavy atom. The van der Waals surface area contributed by atoms with E-state index in [2.05, 4.69) is 19.1 Å². The molecular weight excluding hydrogens is 322 g/mol. The maximum atomic E-state index is 13.0. The number of aryl methyl sites for hydroxylation is 1. The monoisotopic (exact) mass is 347 g/mol. The SMILES string of the molecule is CCCc1c(C(=O)N(CC)CCC(=O)OCC)sc2ccccc12. The number of rotatable bonds is 8. The first-order valence-corrected chi connectivity index (χ1v) is 9.39. The lowest BCUT2D eigenvalue weighted by molar-refractivity contribution is -0.143. The van der Waals surface area contributed by atoms with Crippen molar-refractivity contribution in [3.05, 3.63) is 34.7 Å². The van der Waals surface area contributed by atoms with Crippen molar-refractivity contribution >= 4 is 33.3 Å². The van der Waals surface area contributed by atoms with Gasteiger partial charge in [0.05, 0.1) is 17.9 Å². The summed E-state index contributed by atoms with van der Waals surface area (Å²) in [6.45, 7) is 7.20. The molecule has 2 aromatic rings. The van der Waals surface area contributed by atoms with E-state index < -0.39 is 0 Å². The Bertz CT molecular complexity index is 708. The largest absolute Gasteiger partial charge is 0.466 e. The van der Waals surface area contributed by atoms with Crippen LogP contribution in [0.25, 0.3) is 10.1 Å². The summed E-state index contributed by atoms with van der Waals surface area (Å²) in [6, 6.07) is 8.16. The van der Waals surface area contributed by atoms with Gasteiger partial charge in [-0.05, 0) is 37.3 Å². The molecule has 0 aliphatic carbocycles. The Balaban J connectivity index is 2.24. The molecule has 0 atom stereocenters.